The van der Waals surface area contributed by atoms with Crippen molar-refractivity contribution in [2.24, 2.45) is 0 Å². The Balaban J connectivity index is 1.59. The number of benzene rings is 1. The van der Waals surface area contributed by atoms with E-state index in [1.54, 1.807) is 12.1 Å². The second-order valence-corrected chi connectivity index (χ2v) is 9.23. The van der Waals surface area contributed by atoms with E-state index in [4.69, 9.17) is 22.3 Å². The summed E-state index contributed by atoms with van der Waals surface area (Å²) in [4.78, 5) is 22.4. The fourth-order valence-electron chi connectivity index (χ4n) is 3.43. The van der Waals surface area contributed by atoms with Crippen LogP contribution in [0.5, 0.6) is 0 Å². The van der Waals surface area contributed by atoms with E-state index in [9.17, 15) is 4.79 Å². The number of carbonyl (C=O) groups excluding carboxylic acids is 1. The lowest BCUT2D eigenvalue weighted by atomic mass is 10.2. The number of carbonyl (C=O) groups is 1. The first-order chi connectivity index (χ1) is 14.4. The van der Waals surface area contributed by atoms with Crippen LogP contribution in [0.4, 0.5) is 11.6 Å². The van der Waals surface area contributed by atoms with Crippen LogP contribution in [0.2, 0.25) is 4.34 Å². The first-order valence-electron chi connectivity index (χ1n) is 9.82. The summed E-state index contributed by atoms with van der Waals surface area (Å²) in [6, 6.07) is 9.44. The summed E-state index contributed by atoms with van der Waals surface area (Å²) in [6.45, 7) is 6.12. The van der Waals surface area contributed by atoms with E-state index in [1.807, 2.05) is 25.3 Å². The van der Waals surface area contributed by atoms with Gasteiger partial charge in [-0.15, -0.1) is 11.3 Å². The van der Waals surface area contributed by atoms with Gasteiger partial charge in [-0.2, -0.15) is 0 Å². The molecule has 1 aromatic carbocycles. The second kappa shape index (κ2) is 8.67. The summed E-state index contributed by atoms with van der Waals surface area (Å²) in [5.41, 5.74) is 9.60. The summed E-state index contributed by atoms with van der Waals surface area (Å²) in [5, 5.41) is 2.94. The number of amides is 1. The van der Waals surface area contributed by atoms with E-state index >= 15 is 0 Å². The summed E-state index contributed by atoms with van der Waals surface area (Å²) < 4.78 is 2.68. The number of anilines is 2. The zero-order valence-electron chi connectivity index (χ0n) is 17.1. The second-order valence-electron chi connectivity index (χ2n) is 7.52. The first-order valence-corrected chi connectivity index (χ1v) is 11.0. The van der Waals surface area contributed by atoms with Gasteiger partial charge in [-0.25, -0.2) is 4.98 Å². The molecule has 3 aromatic rings. The summed E-state index contributed by atoms with van der Waals surface area (Å²) in [7, 11) is 2.13. The molecule has 1 amide bonds. The molecule has 0 radical (unpaired) electrons. The molecular formula is C21H25ClN6OS. The highest BCUT2D eigenvalue weighted by atomic mass is 35.5. The number of nitrogens with one attached hydrogen (secondary N) is 1. The van der Waals surface area contributed by atoms with Crippen molar-refractivity contribution in [1.29, 1.82) is 0 Å². The number of nitrogen functional groups attached to an aromatic ring is 1. The SMILES string of the molecule is Cc1cc(-n2cc(CNC(=O)c3ccc(Cl)s3)nc2N2CCN(C)CC2)ccc1N. The Kier molecular flexibility index (Phi) is 5.99. The molecule has 0 aliphatic carbocycles. The molecule has 9 heteroatoms. The largest absolute Gasteiger partial charge is 0.399 e. The van der Waals surface area contributed by atoms with Crippen molar-refractivity contribution < 1.29 is 4.79 Å². The first kappa shape index (κ1) is 20.7. The van der Waals surface area contributed by atoms with Gasteiger partial charge >= 0.3 is 0 Å². The van der Waals surface area contributed by atoms with Crippen LogP contribution >= 0.6 is 22.9 Å². The van der Waals surface area contributed by atoms with Crippen LogP contribution < -0.4 is 16.0 Å². The molecule has 0 bridgehead atoms. The molecule has 0 atom stereocenters. The third-order valence-corrected chi connectivity index (χ3v) is 6.51. The zero-order valence-corrected chi connectivity index (χ0v) is 18.6. The van der Waals surface area contributed by atoms with Gasteiger partial charge in [0.05, 0.1) is 21.5 Å². The van der Waals surface area contributed by atoms with E-state index < -0.39 is 0 Å². The minimum atomic E-state index is -0.147. The Morgan fingerprint density at radius 2 is 2.00 bits per heavy atom. The minimum absolute atomic E-state index is 0.147. The molecular weight excluding hydrogens is 420 g/mol. The van der Waals surface area contributed by atoms with Crippen LogP contribution in [0.3, 0.4) is 0 Å². The smallest absolute Gasteiger partial charge is 0.261 e. The van der Waals surface area contributed by atoms with Gasteiger partial charge in [0.15, 0.2) is 0 Å². The lowest BCUT2D eigenvalue weighted by molar-refractivity contribution is 0.0954. The van der Waals surface area contributed by atoms with E-state index in [2.05, 4.69) is 32.8 Å². The highest BCUT2D eigenvalue weighted by Gasteiger charge is 2.21. The summed E-state index contributed by atoms with van der Waals surface area (Å²) in [6.07, 6.45) is 1.99. The Morgan fingerprint density at radius 3 is 2.67 bits per heavy atom. The fraction of sp³-hybridized carbons (Fsp3) is 0.333. The van der Waals surface area contributed by atoms with Crippen LogP contribution in [0.1, 0.15) is 20.9 Å². The number of piperazine rings is 1. The maximum Gasteiger partial charge on any atom is 0.261 e. The number of imidazole rings is 1. The average molecular weight is 445 g/mol. The van der Waals surface area contributed by atoms with Gasteiger partial charge < -0.3 is 20.9 Å². The summed E-state index contributed by atoms with van der Waals surface area (Å²) >= 11 is 7.20. The third kappa shape index (κ3) is 4.45. The van der Waals surface area contributed by atoms with Gasteiger partial charge in [-0.1, -0.05) is 11.6 Å². The fourth-order valence-corrected chi connectivity index (χ4v) is 4.39. The van der Waals surface area contributed by atoms with E-state index in [1.165, 1.54) is 11.3 Å². The van der Waals surface area contributed by atoms with E-state index in [0.717, 1.165) is 54.8 Å². The van der Waals surface area contributed by atoms with Crippen LogP contribution in [-0.4, -0.2) is 53.6 Å². The van der Waals surface area contributed by atoms with E-state index in [0.29, 0.717) is 15.8 Å². The van der Waals surface area contributed by atoms with Gasteiger partial charge in [-0.05, 0) is 49.9 Å². The number of nitrogens with two attached hydrogens (primary N) is 1. The van der Waals surface area contributed by atoms with Gasteiger partial charge in [0.25, 0.3) is 5.91 Å². The molecule has 2 aromatic heterocycles. The predicted molar refractivity (Wildman–Crippen MR) is 123 cm³/mol. The van der Waals surface area contributed by atoms with Gasteiger partial charge in [0.2, 0.25) is 5.95 Å². The van der Waals surface area contributed by atoms with Crippen molar-refractivity contribution in [2.75, 3.05) is 43.9 Å². The number of nitrogens with zero attached hydrogens (tertiary/aromatic N) is 4. The highest BCUT2D eigenvalue weighted by Crippen LogP contribution is 2.25. The number of hydrogen-bond donors (Lipinski definition) is 2. The minimum Gasteiger partial charge on any atom is -0.399 e. The maximum absolute atomic E-state index is 12.4. The number of halogens is 1. The number of hydrogen-bond acceptors (Lipinski definition) is 6. The van der Waals surface area contributed by atoms with Crippen molar-refractivity contribution in [1.82, 2.24) is 19.8 Å². The normalized spacial score (nSPS) is 14.8. The van der Waals surface area contributed by atoms with Gasteiger partial charge in [-0.3, -0.25) is 9.36 Å². The highest BCUT2D eigenvalue weighted by molar-refractivity contribution is 7.17. The van der Waals surface area contributed by atoms with Gasteiger partial charge in [0.1, 0.15) is 0 Å². The molecule has 0 unspecified atom stereocenters. The quantitative estimate of drug-likeness (QED) is 0.591. The number of rotatable bonds is 5. The number of aryl methyl sites for hydroxylation is 1. The Labute approximate surface area is 185 Å². The Morgan fingerprint density at radius 1 is 1.23 bits per heavy atom. The molecule has 1 aliphatic rings. The lowest BCUT2D eigenvalue weighted by Crippen LogP contribution is -2.45. The monoisotopic (exact) mass is 444 g/mol. The van der Waals surface area contributed by atoms with E-state index in [-0.39, 0.29) is 5.91 Å². The molecule has 30 heavy (non-hydrogen) atoms. The average Bonchev–Trinajstić information content (AvgIpc) is 3.35. The Hall–Kier alpha value is -2.55. The van der Waals surface area contributed by atoms with Crippen LogP contribution in [0.15, 0.2) is 36.5 Å². The van der Waals surface area contributed by atoms with Crippen LogP contribution in [0, 0.1) is 6.92 Å². The zero-order chi connectivity index (χ0) is 21.3. The van der Waals surface area contributed by atoms with Crippen molar-refractivity contribution in [3.8, 4) is 5.69 Å². The van der Waals surface area contributed by atoms with Crippen molar-refractivity contribution in [3.05, 3.63) is 57.0 Å². The summed E-state index contributed by atoms with van der Waals surface area (Å²) in [5.74, 6) is 0.738. The molecule has 7 nitrogen and oxygen atoms in total. The number of thiophene rings is 1. The molecule has 4 rings (SSSR count). The van der Waals surface area contributed by atoms with Crippen LogP contribution in [-0.2, 0) is 6.54 Å². The standard InChI is InChI=1S/C21H25ClN6OS/c1-14-11-16(3-4-17(14)23)28-13-15(12-24-20(29)18-5-6-19(22)30-18)25-21(28)27-9-7-26(2)8-10-27/h3-6,11,13H,7-10,12,23H2,1-2H3,(H,24,29). The number of aromatic nitrogens is 2. The van der Waals surface area contributed by atoms with Crippen molar-refractivity contribution in [2.45, 2.75) is 13.5 Å². The topological polar surface area (TPSA) is 79.4 Å². The molecule has 0 saturated carbocycles. The third-order valence-electron chi connectivity index (χ3n) is 5.28. The molecule has 3 N–H and O–H groups in total. The molecule has 1 saturated heterocycles. The molecule has 3 heterocycles. The molecule has 158 valence electrons. The molecule has 1 fully saturated rings. The lowest BCUT2D eigenvalue weighted by Gasteiger charge is -2.33. The van der Waals surface area contributed by atoms with Crippen molar-refractivity contribution >= 4 is 40.5 Å². The molecule has 0 spiro atoms. The number of likely N-dealkylation sites (N-methyl/N-ethyl adjacent to an activating group) is 1. The predicted octanol–water partition coefficient (Wildman–Crippen LogP) is 3.16. The molecule has 1 aliphatic heterocycles. The Bertz CT molecular complexity index is 1050. The van der Waals surface area contributed by atoms with Gasteiger partial charge in [0, 0.05) is 43.8 Å². The van der Waals surface area contributed by atoms with Crippen molar-refractivity contribution in [3.63, 3.8) is 0 Å². The van der Waals surface area contributed by atoms with Crippen LogP contribution in [0.25, 0.3) is 5.69 Å². The maximum atomic E-state index is 12.4.